The number of benzene rings is 2. The van der Waals surface area contributed by atoms with Crippen molar-refractivity contribution in [3.05, 3.63) is 70.7 Å². The first kappa shape index (κ1) is 18.8. The van der Waals surface area contributed by atoms with Gasteiger partial charge in [0.25, 0.3) is 5.91 Å². The molecule has 0 bridgehead atoms. The van der Waals surface area contributed by atoms with E-state index in [9.17, 15) is 4.79 Å². The van der Waals surface area contributed by atoms with Crippen LogP contribution in [-0.2, 0) is 6.54 Å². The molecule has 2 aromatic carbocycles. The van der Waals surface area contributed by atoms with E-state index in [1.165, 1.54) is 0 Å². The van der Waals surface area contributed by atoms with Crippen molar-refractivity contribution in [3.63, 3.8) is 0 Å². The monoisotopic (exact) mass is 358 g/mol. The summed E-state index contributed by atoms with van der Waals surface area (Å²) in [7, 11) is 0. The summed E-state index contributed by atoms with van der Waals surface area (Å²) in [5, 5.41) is 9.96. The lowest BCUT2D eigenvalue weighted by molar-refractivity contribution is 0.0954. The van der Waals surface area contributed by atoms with Gasteiger partial charge in [-0.05, 0) is 36.8 Å². The molecule has 0 saturated heterocycles. The first-order valence-corrected chi connectivity index (χ1v) is 8.66. The lowest BCUT2D eigenvalue weighted by Crippen LogP contribution is -2.41. The average Bonchev–Trinajstić information content (AvgIpc) is 2.63. The summed E-state index contributed by atoms with van der Waals surface area (Å²) < 4.78 is 0. The molecule has 25 heavy (non-hydrogen) atoms. The van der Waals surface area contributed by atoms with E-state index in [0.29, 0.717) is 36.2 Å². The molecule has 0 aliphatic rings. The van der Waals surface area contributed by atoms with Crippen molar-refractivity contribution in [1.82, 2.24) is 16.0 Å². The van der Waals surface area contributed by atoms with Crippen LogP contribution < -0.4 is 16.0 Å². The molecule has 1 amide bonds. The molecule has 0 radical (unpaired) electrons. The highest BCUT2D eigenvalue weighted by Gasteiger charge is 2.03. The molecule has 2 rings (SSSR count). The molecule has 0 fully saturated rings. The number of amides is 1. The van der Waals surface area contributed by atoms with Crippen LogP contribution in [0.15, 0.2) is 59.6 Å². The molecule has 0 aliphatic carbocycles. The van der Waals surface area contributed by atoms with Crippen LogP contribution in [0.3, 0.4) is 0 Å². The fourth-order valence-corrected chi connectivity index (χ4v) is 2.41. The summed E-state index contributed by atoms with van der Waals surface area (Å²) in [6.45, 7) is 4.40. The minimum absolute atomic E-state index is 0.0803. The predicted octanol–water partition coefficient (Wildman–Crippen LogP) is 2.83. The second-order valence-corrected chi connectivity index (χ2v) is 5.81. The van der Waals surface area contributed by atoms with Gasteiger partial charge in [0.2, 0.25) is 0 Å². The third-order valence-corrected chi connectivity index (χ3v) is 3.63. The van der Waals surface area contributed by atoms with Gasteiger partial charge in [0.05, 0.1) is 6.54 Å². The minimum atomic E-state index is -0.0803. The molecular formula is C19H23ClN4O. The summed E-state index contributed by atoms with van der Waals surface area (Å²) in [6.07, 6.45) is 0. The van der Waals surface area contributed by atoms with E-state index in [2.05, 4.69) is 20.9 Å². The maximum absolute atomic E-state index is 12.0. The quantitative estimate of drug-likeness (QED) is 0.405. The largest absolute Gasteiger partial charge is 0.357 e. The van der Waals surface area contributed by atoms with Crippen molar-refractivity contribution in [2.24, 2.45) is 4.99 Å². The standard InChI is InChI=1S/C19H23ClN4O/c1-2-21-19(24-14-15-7-6-10-17(20)13-15)23-12-11-22-18(25)16-8-4-3-5-9-16/h3-10,13H,2,11-12,14H2,1H3,(H,22,25)(H2,21,23,24). The molecule has 0 unspecified atom stereocenters. The van der Waals surface area contributed by atoms with Gasteiger partial charge >= 0.3 is 0 Å². The van der Waals surface area contributed by atoms with Crippen molar-refractivity contribution in [1.29, 1.82) is 0 Å². The van der Waals surface area contributed by atoms with Crippen molar-refractivity contribution in [2.45, 2.75) is 13.5 Å². The van der Waals surface area contributed by atoms with Gasteiger partial charge in [0.15, 0.2) is 5.96 Å². The summed E-state index contributed by atoms with van der Waals surface area (Å²) in [5.41, 5.74) is 1.70. The molecule has 3 N–H and O–H groups in total. The van der Waals surface area contributed by atoms with Gasteiger partial charge in [-0.2, -0.15) is 0 Å². The summed E-state index contributed by atoms with van der Waals surface area (Å²) in [5.74, 6) is 0.625. The molecule has 5 nitrogen and oxygen atoms in total. The second kappa shape index (κ2) is 10.4. The predicted molar refractivity (Wildman–Crippen MR) is 103 cm³/mol. The number of aliphatic imine (C=N–C) groups is 1. The van der Waals surface area contributed by atoms with Crippen LogP contribution in [0.1, 0.15) is 22.8 Å². The Labute approximate surface area is 153 Å². The van der Waals surface area contributed by atoms with E-state index in [0.717, 1.165) is 12.1 Å². The van der Waals surface area contributed by atoms with E-state index in [1.807, 2.05) is 49.4 Å². The number of halogens is 1. The first-order chi connectivity index (χ1) is 12.2. The van der Waals surface area contributed by atoms with Gasteiger partial charge in [0.1, 0.15) is 0 Å². The Hall–Kier alpha value is -2.53. The number of rotatable bonds is 7. The molecule has 2 aromatic rings. The Balaban J connectivity index is 1.79. The highest BCUT2D eigenvalue weighted by molar-refractivity contribution is 6.30. The number of hydrogen-bond acceptors (Lipinski definition) is 2. The molecule has 0 atom stereocenters. The fourth-order valence-electron chi connectivity index (χ4n) is 2.20. The molecule has 0 heterocycles. The van der Waals surface area contributed by atoms with Crippen LogP contribution in [0.2, 0.25) is 5.02 Å². The van der Waals surface area contributed by atoms with Crippen LogP contribution in [0.5, 0.6) is 0 Å². The SMILES string of the molecule is CCNC(=NCc1cccc(Cl)c1)NCCNC(=O)c1ccccc1. The molecular weight excluding hydrogens is 336 g/mol. The van der Waals surface area contributed by atoms with Gasteiger partial charge < -0.3 is 16.0 Å². The zero-order valence-corrected chi connectivity index (χ0v) is 15.0. The summed E-state index contributed by atoms with van der Waals surface area (Å²) >= 11 is 5.98. The van der Waals surface area contributed by atoms with Crippen LogP contribution in [0.4, 0.5) is 0 Å². The third-order valence-electron chi connectivity index (χ3n) is 3.39. The summed E-state index contributed by atoms with van der Waals surface area (Å²) in [6, 6.07) is 16.8. The van der Waals surface area contributed by atoms with Crippen molar-refractivity contribution >= 4 is 23.5 Å². The van der Waals surface area contributed by atoms with Gasteiger partial charge in [-0.1, -0.05) is 41.9 Å². The topological polar surface area (TPSA) is 65.5 Å². The number of carbonyl (C=O) groups is 1. The van der Waals surface area contributed by atoms with Gasteiger partial charge in [-0.3, -0.25) is 4.79 Å². The lowest BCUT2D eigenvalue weighted by Gasteiger charge is -2.12. The van der Waals surface area contributed by atoms with E-state index in [-0.39, 0.29) is 5.91 Å². The van der Waals surface area contributed by atoms with E-state index < -0.39 is 0 Å². The van der Waals surface area contributed by atoms with E-state index in [1.54, 1.807) is 12.1 Å². The highest BCUT2D eigenvalue weighted by atomic mass is 35.5. The number of guanidine groups is 1. The smallest absolute Gasteiger partial charge is 0.251 e. The van der Waals surface area contributed by atoms with Crippen LogP contribution in [-0.4, -0.2) is 31.5 Å². The molecule has 6 heteroatoms. The Morgan fingerprint density at radius 1 is 1.00 bits per heavy atom. The number of hydrogen-bond donors (Lipinski definition) is 3. The van der Waals surface area contributed by atoms with Crippen molar-refractivity contribution < 1.29 is 4.79 Å². The molecule has 0 aliphatic heterocycles. The van der Waals surface area contributed by atoms with Gasteiger partial charge in [0, 0.05) is 30.2 Å². The Bertz CT molecular complexity index is 704. The summed E-state index contributed by atoms with van der Waals surface area (Å²) in [4.78, 5) is 16.5. The number of nitrogens with zero attached hydrogens (tertiary/aromatic N) is 1. The first-order valence-electron chi connectivity index (χ1n) is 8.29. The van der Waals surface area contributed by atoms with Crippen LogP contribution >= 0.6 is 11.6 Å². The molecule has 0 saturated carbocycles. The van der Waals surface area contributed by atoms with E-state index in [4.69, 9.17) is 11.6 Å². The lowest BCUT2D eigenvalue weighted by atomic mass is 10.2. The zero-order chi connectivity index (χ0) is 17.9. The fraction of sp³-hybridized carbons (Fsp3) is 0.263. The third kappa shape index (κ3) is 6.85. The second-order valence-electron chi connectivity index (χ2n) is 5.37. The Morgan fingerprint density at radius 3 is 2.48 bits per heavy atom. The van der Waals surface area contributed by atoms with Gasteiger partial charge in [-0.15, -0.1) is 0 Å². The van der Waals surface area contributed by atoms with Crippen LogP contribution in [0.25, 0.3) is 0 Å². The van der Waals surface area contributed by atoms with Crippen molar-refractivity contribution in [3.8, 4) is 0 Å². The van der Waals surface area contributed by atoms with Crippen LogP contribution in [0, 0.1) is 0 Å². The Kier molecular flexibility index (Phi) is 7.79. The van der Waals surface area contributed by atoms with E-state index >= 15 is 0 Å². The van der Waals surface area contributed by atoms with Gasteiger partial charge in [-0.25, -0.2) is 4.99 Å². The molecule has 0 aromatic heterocycles. The normalized spacial score (nSPS) is 11.0. The maximum Gasteiger partial charge on any atom is 0.251 e. The maximum atomic E-state index is 12.0. The van der Waals surface area contributed by atoms with Crippen molar-refractivity contribution in [2.75, 3.05) is 19.6 Å². The number of carbonyl (C=O) groups excluding carboxylic acids is 1. The molecule has 0 spiro atoms. The highest BCUT2D eigenvalue weighted by Crippen LogP contribution is 2.11. The molecule has 132 valence electrons. The minimum Gasteiger partial charge on any atom is -0.357 e. The Morgan fingerprint density at radius 2 is 1.76 bits per heavy atom. The number of nitrogens with one attached hydrogen (secondary N) is 3. The average molecular weight is 359 g/mol. The zero-order valence-electron chi connectivity index (χ0n) is 14.3.